The van der Waals surface area contributed by atoms with Crippen LogP contribution in [0.25, 0.3) is 0 Å². The maximum atomic E-state index is 5.93. The van der Waals surface area contributed by atoms with Crippen molar-refractivity contribution in [2.75, 3.05) is 36.9 Å². The summed E-state index contributed by atoms with van der Waals surface area (Å²) in [5.41, 5.74) is 7.51. The van der Waals surface area contributed by atoms with E-state index in [1.54, 1.807) is 6.07 Å². The molecule has 0 bridgehead atoms. The Morgan fingerprint density at radius 2 is 1.93 bits per heavy atom. The Bertz CT molecular complexity index is 304. The highest BCUT2D eigenvalue weighted by atomic mass is 35.5. The van der Waals surface area contributed by atoms with E-state index in [0.717, 1.165) is 32.0 Å². The number of rotatable bonds is 1. The van der Waals surface area contributed by atoms with Crippen LogP contribution in [-0.4, -0.2) is 26.3 Å². The summed E-state index contributed by atoms with van der Waals surface area (Å²) in [5, 5.41) is 0.687. The standard InChI is InChI=1S/C10H13ClN2O/c11-8-5-9(12)7-10(6-8)13-1-3-14-4-2-13/h5-7H,1-4,12H2. The van der Waals surface area contributed by atoms with Gasteiger partial charge in [0, 0.05) is 29.5 Å². The van der Waals surface area contributed by atoms with Gasteiger partial charge in [-0.3, -0.25) is 0 Å². The highest BCUT2D eigenvalue weighted by Gasteiger charge is 2.11. The van der Waals surface area contributed by atoms with Gasteiger partial charge < -0.3 is 15.4 Å². The first-order valence-electron chi connectivity index (χ1n) is 4.64. The van der Waals surface area contributed by atoms with Crippen LogP contribution >= 0.6 is 11.6 Å². The zero-order valence-corrected chi connectivity index (χ0v) is 8.63. The first-order valence-corrected chi connectivity index (χ1v) is 5.02. The number of hydrogen-bond acceptors (Lipinski definition) is 3. The van der Waals surface area contributed by atoms with E-state index in [0.29, 0.717) is 10.7 Å². The van der Waals surface area contributed by atoms with Crippen LogP contribution in [0.15, 0.2) is 18.2 Å². The van der Waals surface area contributed by atoms with Crippen LogP contribution in [0.4, 0.5) is 11.4 Å². The van der Waals surface area contributed by atoms with Crippen molar-refractivity contribution in [3.05, 3.63) is 23.2 Å². The molecule has 14 heavy (non-hydrogen) atoms. The van der Waals surface area contributed by atoms with Crippen molar-refractivity contribution in [3.63, 3.8) is 0 Å². The van der Waals surface area contributed by atoms with Gasteiger partial charge in [-0.2, -0.15) is 0 Å². The smallest absolute Gasteiger partial charge is 0.0642 e. The van der Waals surface area contributed by atoms with E-state index in [1.165, 1.54) is 0 Å². The van der Waals surface area contributed by atoms with Crippen molar-refractivity contribution in [1.29, 1.82) is 0 Å². The minimum Gasteiger partial charge on any atom is -0.399 e. The normalized spacial score (nSPS) is 17.1. The molecule has 0 aliphatic carbocycles. The molecule has 1 aliphatic rings. The number of nitrogen functional groups attached to an aromatic ring is 1. The van der Waals surface area contributed by atoms with Crippen LogP contribution in [0, 0.1) is 0 Å². The van der Waals surface area contributed by atoms with Crippen molar-refractivity contribution >= 4 is 23.0 Å². The third-order valence-electron chi connectivity index (χ3n) is 2.28. The molecule has 0 unspecified atom stereocenters. The molecule has 0 amide bonds. The Hall–Kier alpha value is -0.930. The second-order valence-corrected chi connectivity index (χ2v) is 3.78. The third kappa shape index (κ3) is 2.11. The van der Waals surface area contributed by atoms with Crippen LogP contribution in [0.5, 0.6) is 0 Å². The molecule has 76 valence electrons. The lowest BCUT2D eigenvalue weighted by atomic mass is 10.2. The molecule has 2 N–H and O–H groups in total. The Kier molecular flexibility index (Phi) is 2.79. The predicted molar refractivity (Wildman–Crippen MR) is 58.9 cm³/mol. The highest BCUT2D eigenvalue weighted by molar-refractivity contribution is 6.31. The van der Waals surface area contributed by atoms with E-state index < -0.39 is 0 Å². The summed E-state index contributed by atoms with van der Waals surface area (Å²) in [4.78, 5) is 2.23. The Balaban J connectivity index is 2.21. The molecule has 0 spiro atoms. The third-order valence-corrected chi connectivity index (χ3v) is 2.50. The Morgan fingerprint density at radius 3 is 2.57 bits per heavy atom. The molecule has 0 aromatic heterocycles. The number of hydrogen-bond donors (Lipinski definition) is 1. The first-order chi connectivity index (χ1) is 6.75. The van der Waals surface area contributed by atoms with Gasteiger partial charge in [0.2, 0.25) is 0 Å². The van der Waals surface area contributed by atoms with Gasteiger partial charge in [0.1, 0.15) is 0 Å². The first kappa shape index (κ1) is 9.62. The molecule has 1 heterocycles. The molecule has 1 saturated heterocycles. The van der Waals surface area contributed by atoms with E-state index >= 15 is 0 Å². The lowest BCUT2D eigenvalue weighted by Gasteiger charge is -2.29. The van der Waals surface area contributed by atoms with Gasteiger partial charge >= 0.3 is 0 Å². The molecule has 4 heteroatoms. The number of morpholine rings is 1. The largest absolute Gasteiger partial charge is 0.399 e. The lowest BCUT2D eigenvalue weighted by molar-refractivity contribution is 0.122. The van der Waals surface area contributed by atoms with Gasteiger partial charge in [-0.25, -0.2) is 0 Å². The maximum absolute atomic E-state index is 5.93. The van der Waals surface area contributed by atoms with Crippen molar-refractivity contribution in [2.24, 2.45) is 0 Å². The summed E-state index contributed by atoms with van der Waals surface area (Å²) in [6.45, 7) is 3.35. The van der Waals surface area contributed by atoms with E-state index in [2.05, 4.69) is 4.90 Å². The van der Waals surface area contributed by atoms with E-state index in [1.807, 2.05) is 12.1 Å². The van der Waals surface area contributed by atoms with E-state index in [-0.39, 0.29) is 0 Å². The van der Waals surface area contributed by atoms with Gasteiger partial charge in [-0.15, -0.1) is 0 Å². The number of anilines is 2. The highest BCUT2D eigenvalue weighted by Crippen LogP contribution is 2.24. The van der Waals surface area contributed by atoms with Crippen LogP contribution in [0.3, 0.4) is 0 Å². The molecule has 1 fully saturated rings. The molecular formula is C10H13ClN2O. The minimum atomic E-state index is 0.687. The van der Waals surface area contributed by atoms with Crippen LogP contribution in [0.2, 0.25) is 5.02 Å². The van der Waals surface area contributed by atoms with Gasteiger partial charge in [-0.1, -0.05) is 11.6 Å². The van der Waals surface area contributed by atoms with Gasteiger partial charge in [0.05, 0.1) is 13.2 Å². The van der Waals surface area contributed by atoms with E-state index in [9.17, 15) is 0 Å². The summed E-state index contributed by atoms with van der Waals surface area (Å²) in [5.74, 6) is 0. The van der Waals surface area contributed by atoms with Crippen molar-refractivity contribution in [1.82, 2.24) is 0 Å². The van der Waals surface area contributed by atoms with Gasteiger partial charge in [0.25, 0.3) is 0 Å². The van der Waals surface area contributed by atoms with Crippen LogP contribution in [0.1, 0.15) is 0 Å². The monoisotopic (exact) mass is 212 g/mol. The Labute approximate surface area is 88.4 Å². The van der Waals surface area contributed by atoms with E-state index in [4.69, 9.17) is 22.1 Å². The van der Waals surface area contributed by atoms with Crippen LogP contribution < -0.4 is 10.6 Å². The minimum absolute atomic E-state index is 0.687. The summed E-state index contributed by atoms with van der Waals surface area (Å²) in [7, 11) is 0. The lowest BCUT2D eigenvalue weighted by Crippen LogP contribution is -2.36. The van der Waals surface area contributed by atoms with Crippen molar-refractivity contribution in [2.45, 2.75) is 0 Å². The SMILES string of the molecule is Nc1cc(Cl)cc(N2CCOCC2)c1. The fourth-order valence-corrected chi connectivity index (χ4v) is 1.84. The summed E-state index contributed by atoms with van der Waals surface area (Å²) in [6.07, 6.45) is 0. The number of nitrogens with zero attached hydrogens (tertiary/aromatic N) is 1. The topological polar surface area (TPSA) is 38.5 Å². The molecule has 1 aliphatic heterocycles. The fraction of sp³-hybridized carbons (Fsp3) is 0.400. The molecule has 0 atom stereocenters. The Morgan fingerprint density at radius 1 is 1.21 bits per heavy atom. The summed E-state index contributed by atoms with van der Waals surface area (Å²) < 4.78 is 5.28. The quantitative estimate of drug-likeness (QED) is 0.721. The average molecular weight is 213 g/mol. The molecule has 0 saturated carbocycles. The molecule has 0 radical (unpaired) electrons. The average Bonchev–Trinajstić information content (AvgIpc) is 2.18. The second-order valence-electron chi connectivity index (χ2n) is 3.34. The number of benzene rings is 1. The maximum Gasteiger partial charge on any atom is 0.0642 e. The molecular weight excluding hydrogens is 200 g/mol. The van der Waals surface area contributed by atoms with Crippen molar-refractivity contribution < 1.29 is 4.74 Å². The molecule has 2 rings (SSSR count). The van der Waals surface area contributed by atoms with Crippen LogP contribution in [-0.2, 0) is 4.74 Å². The molecule has 1 aromatic rings. The molecule has 1 aromatic carbocycles. The van der Waals surface area contributed by atoms with Crippen molar-refractivity contribution in [3.8, 4) is 0 Å². The number of nitrogens with two attached hydrogens (primary N) is 1. The number of halogens is 1. The fourth-order valence-electron chi connectivity index (χ4n) is 1.60. The zero-order valence-electron chi connectivity index (χ0n) is 7.87. The molecule has 3 nitrogen and oxygen atoms in total. The van der Waals surface area contributed by atoms with Gasteiger partial charge in [0.15, 0.2) is 0 Å². The summed E-state index contributed by atoms with van der Waals surface area (Å²) >= 11 is 5.93. The summed E-state index contributed by atoms with van der Waals surface area (Å²) in [6, 6.07) is 5.63. The predicted octanol–water partition coefficient (Wildman–Crippen LogP) is 1.76. The van der Waals surface area contributed by atoms with Gasteiger partial charge in [-0.05, 0) is 18.2 Å². The number of ether oxygens (including phenoxy) is 1. The second kappa shape index (κ2) is 4.07. The zero-order chi connectivity index (χ0) is 9.97.